The highest BCUT2D eigenvalue weighted by Crippen LogP contribution is 2.54. The zero-order valence-corrected chi connectivity index (χ0v) is 20.5. The number of carbonyl (C=O) groups is 1. The summed E-state index contributed by atoms with van der Waals surface area (Å²) >= 11 is 3.78. The number of rotatable bonds is 5. The third-order valence-electron chi connectivity index (χ3n) is 5.90. The molecule has 1 saturated carbocycles. The van der Waals surface area contributed by atoms with Crippen LogP contribution in [0.3, 0.4) is 0 Å². The third-order valence-corrected chi connectivity index (χ3v) is 6.85. The molecule has 1 aromatic heterocycles. The lowest BCUT2D eigenvalue weighted by molar-refractivity contribution is -0.171. The molecule has 1 atom stereocenters. The molecule has 0 amide bonds. The van der Waals surface area contributed by atoms with Gasteiger partial charge in [0.05, 0.1) is 27.6 Å². The van der Waals surface area contributed by atoms with Gasteiger partial charge in [-0.15, -0.1) is 0 Å². The minimum atomic E-state index is -0.811. The Kier molecular flexibility index (Phi) is 6.36. The van der Waals surface area contributed by atoms with E-state index in [-0.39, 0.29) is 12.1 Å². The van der Waals surface area contributed by atoms with E-state index in [1.54, 1.807) is 0 Å². The standard InChI is InChI=1S/C23H35BrN2O3/c1-14(2)28-21(27)20(29-22(5,6)7)17-15(3)25-16(4)18(24)19(17)26-12-10-23(8-9-23)11-13-26/h14,20H,8-13H2,1-7H3/t20-/m0/s1. The second-order valence-corrected chi connectivity index (χ2v) is 10.7. The first-order valence-electron chi connectivity index (χ1n) is 10.7. The largest absolute Gasteiger partial charge is 0.461 e. The molecule has 0 aromatic carbocycles. The molecule has 1 aliphatic heterocycles. The molecule has 2 fully saturated rings. The van der Waals surface area contributed by atoms with Crippen molar-refractivity contribution in [3.05, 3.63) is 21.4 Å². The van der Waals surface area contributed by atoms with Gasteiger partial charge in [0.15, 0.2) is 6.10 Å². The number of nitrogens with zero attached hydrogens (tertiary/aromatic N) is 2. The Balaban J connectivity index is 2.06. The maximum Gasteiger partial charge on any atom is 0.340 e. The molecular weight excluding hydrogens is 432 g/mol. The van der Waals surface area contributed by atoms with E-state index in [0.717, 1.165) is 40.2 Å². The highest BCUT2D eigenvalue weighted by Gasteiger charge is 2.45. The van der Waals surface area contributed by atoms with Gasteiger partial charge in [-0.05, 0) is 95.5 Å². The van der Waals surface area contributed by atoms with E-state index >= 15 is 0 Å². The summed E-state index contributed by atoms with van der Waals surface area (Å²) in [5, 5.41) is 0. The Morgan fingerprint density at radius 3 is 2.17 bits per heavy atom. The number of pyridine rings is 1. The number of aromatic nitrogens is 1. The van der Waals surface area contributed by atoms with Crippen LogP contribution in [0.5, 0.6) is 0 Å². The van der Waals surface area contributed by atoms with Crippen molar-refractivity contribution in [2.45, 2.75) is 92.0 Å². The minimum absolute atomic E-state index is 0.205. The molecule has 3 rings (SSSR count). The van der Waals surface area contributed by atoms with Gasteiger partial charge in [-0.3, -0.25) is 4.98 Å². The van der Waals surface area contributed by atoms with Crippen molar-refractivity contribution in [3.8, 4) is 0 Å². The molecule has 5 nitrogen and oxygen atoms in total. The Labute approximate surface area is 183 Å². The average Bonchev–Trinajstić information content (AvgIpc) is 3.35. The van der Waals surface area contributed by atoms with Crippen LogP contribution in [0.1, 0.15) is 83.4 Å². The van der Waals surface area contributed by atoms with Crippen LogP contribution >= 0.6 is 15.9 Å². The number of halogens is 1. The van der Waals surface area contributed by atoms with Gasteiger partial charge in [0.2, 0.25) is 0 Å². The Hall–Kier alpha value is -1.14. The van der Waals surface area contributed by atoms with Crippen LogP contribution in [-0.4, -0.2) is 35.7 Å². The number of ether oxygens (including phenoxy) is 2. The highest BCUT2D eigenvalue weighted by molar-refractivity contribution is 9.10. The molecule has 1 aromatic rings. The molecule has 162 valence electrons. The molecule has 1 spiro atoms. The number of anilines is 1. The summed E-state index contributed by atoms with van der Waals surface area (Å²) in [5.41, 5.74) is 3.71. The molecular formula is C23H35BrN2O3. The van der Waals surface area contributed by atoms with Gasteiger partial charge in [-0.2, -0.15) is 0 Å². The number of piperidine rings is 1. The van der Waals surface area contributed by atoms with Crippen molar-refractivity contribution in [2.24, 2.45) is 5.41 Å². The fourth-order valence-corrected chi connectivity index (χ4v) is 4.75. The minimum Gasteiger partial charge on any atom is -0.461 e. The molecule has 2 aliphatic rings. The molecule has 0 radical (unpaired) electrons. The molecule has 1 aliphatic carbocycles. The summed E-state index contributed by atoms with van der Waals surface area (Å²) in [6.45, 7) is 15.6. The summed E-state index contributed by atoms with van der Waals surface area (Å²) in [6, 6.07) is 0. The predicted molar refractivity (Wildman–Crippen MR) is 119 cm³/mol. The van der Waals surface area contributed by atoms with E-state index in [2.05, 4.69) is 20.8 Å². The second kappa shape index (κ2) is 8.18. The summed E-state index contributed by atoms with van der Waals surface area (Å²) in [7, 11) is 0. The van der Waals surface area contributed by atoms with Crippen molar-refractivity contribution in [1.82, 2.24) is 4.98 Å². The van der Waals surface area contributed by atoms with Crippen molar-refractivity contribution in [2.75, 3.05) is 18.0 Å². The van der Waals surface area contributed by atoms with E-state index in [1.807, 2.05) is 48.5 Å². The van der Waals surface area contributed by atoms with Gasteiger partial charge in [0.1, 0.15) is 0 Å². The zero-order chi connectivity index (χ0) is 21.6. The lowest BCUT2D eigenvalue weighted by Crippen LogP contribution is -2.37. The van der Waals surface area contributed by atoms with E-state index in [1.165, 1.54) is 25.7 Å². The number of carbonyl (C=O) groups excluding carboxylic acids is 1. The van der Waals surface area contributed by atoms with Gasteiger partial charge >= 0.3 is 5.97 Å². The second-order valence-electron chi connectivity index (χ2n) is 9.94. The van der Waals surface area contributed by atoms with Crippen molar-refractivity contribution >= 4 is 27.6 Å². The average molecular weight is 467 g/mol. The van der Waals surface area contributed by atoms with Crippen molar-refractivity contribution < 1.29 is 14.3 Å². The highest BCUT2D eigenvalue weighted by atomic mass is 79.9. The summed E-state index contributed by atoms with van der Waals surface area (Å²) in [4.78, 5) is 20.2. The summed E-state index contributed by atoms with van der Waals surface area (Å²) in [6.07, 6.45) is 4.12. The van der Waals surface area contributed by atoms with Gasteiger partial charge in [-0.25, -0.2) is 4.79 Å². The molecule has 6 heteroatoms. The Morgan fingerprint density at radius 1 is 1.10 bits per heavy atom. The Morgan fingerprint density at radius 2 is 1.69 bits per heavy atom. The van der Waals surface area contributed by atoms with Gasteiger partial charge in [0.25, 0.3) is 0 Å². The quantitative estimate of drug-likeness (QED) is 0.524. The normalized spacial score (nSPS) is 19.6. The smallest absolute Gasteiger partial charge is 0.340 e. The van der Waals surface area contributed by atoms with Crippen molar-refractivity contribution in [1.29, 1.82) is 0 Å². The SMILES string of the molecule is Cc1nc(C)c([C@H](OC(C)(C)C)C(=O)OC(C)C)c(N2CCC3(CC2)CC3)c1Br. The molecule has 0 unspecified atom stereocenters. The molecule has 1 saturated heterocycles. The van der Waals surface area contributed by atoms with E-state index in [9.17, 15) is 4.79 Å². The van der Waals surface area contributed by atoms with Gasteiger partial charge in [0, 0.05) is 24.3 Å². The molecule has 0 N–H and O–H groups in total. The first-order chi connectivity index (χ1) is 13.4. The van der Waals surface area contributed by atoms with Crippen LogP contribution < -0.4 is 4.90 Å². The predicted octanol–water partition coefficient (Wildman–Crippen LogP) is 5.65. The number of aryl methyl sites for hydroxylation is 2. The van der Waals surface area contributed by atoms with Crippen LogP contribution in [0.2, 0.25) is 0 Å². The number of esters is 1. The van der Waals surface area contributed by atoms with E-state index in [0.29, 0.717) is 5.41 Å². The van der Waals surface area contributed by atoms with Crippen LogP contribution in [0, 0.1) is 19.3 Å². The zero-order valence-electron chi connectivity index (χ0n) is 18.9. The number of hydrogen-bond donors (Lipinski definition) is 0. The fourth-order valence-electron chi connectivity index (χ4n) is 4.20. The van der Waals surface area contributed by atoms with Crippen molar-refractivity contribution in [3.63, 3.8) is 0 Å². The Bertz CT molecular complexity index is 771. The van der Waals surface area contributed by atoms with E-state index in [4.69, 9.17) is 14.5 Å². The lowest BCUT2D eigenvalue weighted by atomic mass is 9.92. The van der Waals surface area contributed by atoms with E-state index < -0.39 is 11.7 Å². The third kappa shape index (κ3) is 5.13. The lowest BCUT2D eigenvalue weighted by Gasteiger charge is -2.38. The fraction of sp³-hybridized carbons (Fsp3) is 0.739. The maximum atomic E-state index is 13.1. The first kappa shape index (κ1) is 22.5. The molecule has 0 bridgehead atoms. The first-order valence-corrected chi connectivity index (χ1v) is 11.5. The van der Waals surface area contributed by atoms with Crippen LogP contribution in [-0.2, 0) is 14.3 Å². The molecule has 2 heterocycles. The topological polar surface area (TPSA) is 51.7 Å². The monoisotopic (exact) mass is 466 g/mol. The number of hydrogen-bond acceptors (Lipinski definition) is 5. The maximum absolute atomic E-state index is 13.1. The molecule has 29 heavy (non-hydrogen) atoms. The van der Waals surface area contributed by atoms with Crippen LogP contribution in [0.4, 0.5) is 5.69 Å². The summed E-state index contributed by atoms with van der Waals surface area (Å²) in [5.74, 6) is -0.354. The van der Waals surface area contributed by atoms with Crippen LogP contribution in [0.25, 0.3) is 0 Å². The van der Waals surface area contributed by atoms with Crippen LogP contribution in [0.15, 0.2) is 4.47 Å². The van der Waals surface area contributed by atoms with Gasteiger partial charge in [-0.1, -0.05) is 0 Å². The van der Waals surface area contributed by atoms with Gasteiger partial charge < -0.3 is 14.4 Å². The summed E-state index contributed by atoms with van der Waals surface area (Å²) < 4.78 is 12.8.